The van der Waals surface area contributed by atoms with Gasteiger partial charge in [-0.3, -0.25) is 4.79 Å². The Balaban J connectivity index is 0.00000256. The first-order chi connectivity index (χ1) is 7.83. The third-order valence-electron chi connectivity index (χ3n) is 1.99. The Morgan fingerprint density at radius 2 is 2.00 bits per heavy atom. The van der Waals surface area contributed by atoms with E-state index in [2.05, 4.69) is 10.6 Å². The summed E-state index contributed by atoms with van der Waals surface area (Å²) in [6.45, 7) is 1.62. The van der Waals surface area contributed by atoms with E-state index in [9.17, 15) is 4.79 Å². The molecule has 0 radical (unpaired) electrons. The molecule has 1 aromatic carbocycles. The van der Waals surface area contributed by atoms with Gasteiger partial charge in [0.15, 0.2) is 0 Å². The summed E-state index contributed by atoms with van der Waals surface area (Å²) in [5, 5.41) is 5.58. The van der Waals surface area contributed by atoms with Crippen LogP contribution in [0.4, 0.5) is 0 Å². The van der Waals surface area contributed by atoms with Gasteiger partial charge >= 0.3 is 0 Å². The summed E-state index contributed by atoms with van der Waals surface area (Å²) >= 11 is 0. The number of halogens is 1. The van der Waals surface area contributed by atoms with E-state index in [4.69, 9.17) is 4.74 Å². The minimum atomic E-state index is 0. The van der Waals surface area contributed by atoms with Gasteiger partial charge in [-0.1, -0.05) is 18.2 Å². The lowest BCUT2D eigenvalue weighted by molar-refractivity contribution is -0.120. The third-order valence-corrected chi connectivity index (χ3v) is 1.99. The van der Waals surface area contributed by atoms with Crippen molar-refractivity contribution in [3.8, 4) is 5.75 Å². The third kappa shape index (κ3) is 7.60. The second-order valence-corrected chi connectivity index (χ2v) is 3.40. The van der Waals surface area contributed by atoms with Crippen LogP contribution in [0.5, 0.6) is 5.75 Å². The van der Waals surface area contributed by atoms with Gasteiger partial charge < -0.3 is 15.4 Å². The van der Waals surface area contributed by atoms with E-state index in [1.807, 2.05) is 30.3 Å². The minimum Gasteiger partial charge on any atom is -0.494 e. The van der Waals surface area contributed by atoms with E-state index in [1.165, 1.54) is 0 Å². The molecule has 0 aliphatic heterocycles. The molecule has 0 aromatic heterocycles. The Morgan fingerprint density at radius 3 is 2.65 bits per heavy atom. The zero-order valence-corrected chi connectivity index (χ0v) is 10.8. The second kappa shape index (κ2) is 9.93. The van der Waals surface area contributed by atoms with Gasteiger partial charge in [-0.2, -0.15) is 0 Å². The molecular weight excluding hydrogens is 240 g/mol. The molecule has 17 heavy (non-hydrogen) atoms. The number of para-hydroxylation sites is 1. The van der Waals surface area contributed by atoms with E-state index in [1.54, 1.807) is 7.05 Å². The molecule has 0 aliphatic rings. The molecule has 5 heteroatoms. The molecule has 96 valence electrons. The molecule has 0 saturated carbocycles. The van der Waals surface area contributed by atoms with Crippen LogP contribution in [0.3, 0.4) is 0 Å². The SMILES string of the molecule is CNCC(=O)NCCCOc1ccccc1.Cl. The number of likely N-dealkylation sites (N-methyl/N-ethyl adjacent to an activating group) is 1. The fourth-order valence-corrected chi connectivity index (χ4v) is 1.23. The number of carbonyl (C=O) groups excluding carboxylic acids is 1. The van der Waals surface area contributed by atoms with E-state index < -0.39 is 0 Å². The van der Waals surface area contributed by atoms with Crippen LogP contribution in [0.2, 0.25) is 0 Å². The van der Waals surface area contributed by atoms with Gasteiger partial charge in [-0.25, -0.2) is 0 Å². The number of rotatable bonds is 7. The molecule has 1 amide bonds. The van der Waals surface area contributed by atoms with Crippen LogP contribution in [0.25, 0.3) is 0 Å². The molecule has 0 spiro atoms. The Morgan fingerprint density at radius 1 is 1.29 bits per heavy atom. The molecule has 0 bridgehead atoms. The minimum absolute atomic E-state index is 0. The Labute approximate surface area is 108 Å². The maximum absolute atomic E-state index is 11.1. The first-order valence-corrected chi connectivity index (χ1v) is 5.42. The lowest BCUT2D eigenvalue weighted by Crippen LogP contribution is -2.33. The van der Waals surface area contributed by atoms with Crippen LogP contribution in [0, 0.1) is 0 Å². The Bertz CT molecular complexity index is 307. The number of ether oxygens (including phenoxy) is 1. The molecule has 0 fully saturated rings. The summed E-state index contributed by atoms with van der Waals surface area (Å²) in [5.41, 5.74) is 0. The Kier molecular flexibility index (Phi) is 9.19. The summed E-state index contributed by atoms with van der Waals surface area (Å²) in [6, 6.07) is 9.65. The highest BCUT2D eigenvalue weighted by Crippen LogP contribution is 2.07. The number of nitrogens with one attached hydrogen (secondary N) is 2. The first kappa shape index (κ1) is 15.7. The van der Waals surface area contributed by atoms with Gasteiger partial charge in [0.05, 0.1) is 13.2 Å². The Hall–Kier alpha value is -1.26. The lowest BCUT2D eigenvalue weighted by Gasteiger charge is -2.06. The topological polar surface area (TPSA) is 50.4 Å². The van der Waals surface area contributed by atoms with Crippen molar-refractivity contribution in [3.63, 3.8) is 0 Å². The van der Waals surface area contributed by atoms with E-state index >= 15 is 0 Å². The number of amides is 1. The molecule has 0 unspecified atom stereocenters. The zero-order valence-electron chi connectivity index (χ0n) is 9.94. The van der Waals surface area contributed by atoms with Gasteiger partial charge in [0.1, 0.15) is 5.75 Å². The quantitative estimate of drug-likeness (QED) is 0.723. The van der Waals surface area contributed by atoms with E-state index in [0.717, 1.165) is 12.2 Å². The first-order valence-electron chi connectivity index (χ1n) is 5.42. The summed E-state index contributed by atoms with van der Waals surface area (Å²) in [7, 11) is 1.75. The highest BCUT2D eigenvalue weighted by atomic mass is 35.5. The van der Waals surface area contributed by atoms with Crippen LogP contribution in [-0.4, -0.2) is 32.7 Å². The fraction of sp³-hybridized carbons (Fsp3) is 0.417. The summed E-state index contributed by atoms with van der Waals surface area (Å²) < 4.78 is 5.48. The van der Waals surface area contributed by atoms with Crippen molar-refractivity contribution in [2.45, 2.75) is 6.42 Å². The molecule has 1 aromatic rings. The maximum Gasteiger partial charge on any atom is 0.233 e. The standard InChI is InChI=1S/C12H18N2O2.ClH/c1-13-10-12(15)14-8-5-9-16-11-6-3-2-4-7-11;/h2-4,6-7,13H,5,8-10H2,1H3,(H,14,15);1H. The summed E-state index contributed by atoms with van der Waals surface area (Å²) in [4.78, 5) is 11.1. The van der Waals surface area contributed by atoms with E-state index in [0.29, 0.717) is 19.7 Å². The smallest absolute Gasteiger partial charge is 0.233 e. The van der Waals surface area contributed by atoms with Gasteiger partial charge in [0, 0.05) is 6.54 Å². The highest BCUT2D eigenvalue weighted by Gasteiger charge is 1.97. The van der Waals surface area contributed by atoms with Crippen molar-refractivity contribution in [2.75, 3.05) is 26.7 Å². The lowest BCUT2D eigenvalue weighted by atomic mass is 10.3. The predicted octanol–water partition coefficient (Wildman–Crippen LogP) is 1.21. The van der Waals surface area contributed by atoms with Crippen LogP contribution >= 0.6 is 12.4 Å². The average molecular weight is 259 g/mol. The predicted molar refractivity (Wildman–Crippen MR) is 70.7 cm³/mol. The monoisotopic (exact) mass is 258 g/mol. The molecule has 0 heterocycles. The number of carbonyl (C=O) groups is 1. The zero-order chi connectivity index (χ0) is 11.6. The molecule has 0 saturated heterocycles. The molecule has 0 aliphatic carbocycles. The van der Waals surface area contributed by atoms with Crippen LogP contribution in [-0.2, 0) is 4.79 Å². The van der Waals surface area contributed by atoms with Crippen molar-refractivity contribution in [1.82, 2.24) is 10.6 Å². The second-order valence-electron chi connectivity index (χ2n) is 3.40. The molecule has 2 N–H and O–H groups in total. The molecule has 0 atom stereocenters. The number of hydrogen-bond acceptors (Lipinski definition) is 3. The molecule has 4 nitrogen and oxygen atoms in total. The molecule has 1 rings (SSSR count). The highest BCUT2D eigenvalue weighted by molar-refractivity contribution is 5.85. The summed E-state index contributed by atoms with van der Waals surface area (Å²) in [5.74, 6) is 0.881. The molecular formula is C12H19ClN2O2. The van der Waals surface area contributed by atoms with Crippen molar-refractivity contribution in [3.05, 3.63) is 30.3 Å². The van der Waals surface area contributed by atoms with Gasteiger partial charge in [0.25, 0.3) is 0 Å². The van der Waals surface area contributed by atoms with E-state index in [-0.39, 0.29) is 18.3 Å². The van der Waals surface area contributed by atoms with Crippen molar-refractivity contribution in [1.29, 1.82) is 0 Å². The normalized spacial score (nSPS) is 9.24. The van der Waals surface area contributed by atoms with Crippen LogP contribution in [0.1, 0.15) is 6.42 Å². The van der Waals surface area contributed by atoms with Crippen LogP contribution < -0.4 is 15.4 Å². The number of hydrogen-bond donors (Lipinski definition) is 2. The van der Waals surface area contributed by atoms with Crippen LogP contribution in [0.15, 0.2) is 30.3 Å². The van der Waals surface area contributed by atoms with Crippen molar-refractivity contribution in [2.24, 2.45) is 0 Å². The largest absolute Gasteiger partial charge is 0.494 e. The average Bonchev–Trinajstić information content (AvgIpc) is 2.30. The number of benzene rings is 1. The van der Waals surface area contributed by atoms with Gasteiger partial charge in [0.2, 0.25) is 5.91 Å². The van der Waals surface area contributed by atoms with Crippen molar-refractivity contribution >= 4 is 18.3 Å². The van der Waals surface area contributed by atoms with Crippen molar-refractivity contribution < 1.29 is 9.53 Å². The van der Waals surface area contributed by atoms with Gasteiger partial charge in [-0.15, -0.1) is 12.4 Å². The maximum atomic E-state index is 11.1. The fourth-order valence-electron chi connectivity index (χ4n) is 1.23. The summed E-state index contributed by atoms with van der Waals surface area (Å²) in [6.07, 6.45) is 0.810. The van der Waals surface area contributed by atoms with Gasteiger partial charge in [-0.05, 0) is 25.6 Å².